The summed E-state index contributed by atoms with van der Waals surface area (Å²) in [7, 11) is 3.84. The molecular formula is C19H20N6O. The van der Waals surface area contributed by atoms with E-state index in [0.717, 1.165) is 22.6 Å². The van der Waals surface area contributed by atoms with E-state index in [2.05, 4.69) is 25.3 Å². The molecule has 0 unspecified atom stereocenters. The summed E-state index contributed by atoms with van der Waals surface area (Å²) < 4.78 is 0. The maximum Gasteiger partial charge on any atom is 0.224 e. The summed E-state index contributed by atoms with van der Waals surface area (Å²) in [5.41, 5.74) is 2.50. The third-order valence-corrected chi connectivity index (χ3v) is 3.72. The first-order chi connectivity index (χ1) is 12.6. The number of nitrogens with one attached hydrogen (secondary N) is 1. The van der Waals surface area contributed by atoms with Gasteiger partial charge in [0.15, 0.2) is 5.82 Å². The van der Waals surface area contributed by atoms with Gasteiger partial charge in [-0.1, -0.05) is 6.07 Å². The molecule has 0 bridgehead atoms. The molecule has 0 aliphatic carbocycles. The van der Waals surface area contributed by atoms with Crippen molar-refractivity contribution >= 4 is 11.7 Å². The molecule has 0 aliphatic rings. The van der Waals surface area contributed by atoms with E-state index in [-0.39, 0.29) is 12.3 Å². The normalized spacial score (nSPS) is 10.4. The summed E-state index contributed by atoms with van der Waals surface area (Å²) in [5, 5.41) is 2.90. The number of hydrogen-bond acceptors (Lipinski definition) is 6. The van der Waals surface area contributed by atoms with Gasteiger partial charge in [0.2, 0.25) is 5.91 Å². The molecule has 7 heteroatoms. The van der Waals surface area contributed by atoms with E-state index in [0.29, 0.717) is 12.4 Å². The Bertz CT molecular complexity index is 868. The molecule has 0 spiro atoms. The molecule has 3 aromatic rings. The van der Waals surface area contributed by atoms with Gasteiger partial charge in [0.05, 0.1) is 18.7 Å². The smallest absolute Gasteiger partial charge is 0.224 e. The molecular weight excluding hydrogens is 328 g/mol. The molecule has 0 radical (unpaired) electrons. The summed E-state index contributed by atoms with van der Waals surface area (Å²) in [6.45, 7) is 0.334. The second-order valence-electron chi connectivity index (χ2n) is 5.99. The molecule has 3 heterocycles. The van der Waals surface area contributed by atoms with Gasteiger partial charge < -0.3 is 10.2 Å². The van der Waals surface area contributed by atoms with E-state index >= 15 is 0 Å². The van der Waals surface area contributed by atoms with Crippen LogP contribution in [0.2, 0.25) is 0 Å². The van der Waals surface area contributed by atoms with Crippen LogP contribution in [-0.2, 0) is 17.8 Å². The Labute approximate surface area is 152 Å². The molecule has 0 atom stereocenters. The largest absolute Gasteiger partial charge is 0.363 e. The van der Waals surface area contributed by atoms with Gasteiger partial charge in [-0.2, -0.15) is 0 Å². The number of nitrogens with zero attached hydrogens (tertiary/aromatic N) is 5. The quantitative estimate of drug-likeness (QED) is 0.732. The average Bonchev–Trinajstić information content (AvgIpc) is 2.67. The van der Waals surface area contributed by atoms with Crippen LogP contribution in [0.1, 0.15) is 11.3 Å². The van der Waals surface area contributed by atoms with Crippen molar-refractivity contribution in [3.05, 3.63) is 66.4 Å². The highest BCUT2D eigenvalue weighted by molar-refractivity contribution is 5.78. The van der Waals surface area contributed by atoms with Gasteiger partial charge in [0, 0.05) is 50.5 Å². The molecule has 0 aromatic carbocycles. The lowest BCUT2D eigenvalue weighted by Gasteiger charge is -2.14. The highest BCUT2D eigenvalue weighted by Gasteiger charge is 2.10. The van der Waals surface area contributed by atoms with Crippen LogP contribution < -0.4 is 10.2 Å². The predicted octanol–water partition coefficient (Wildman–Crippen LogP) is 1.86. The number of anilines is 1. The number of pyridine rings is 2. The second kappa shape index (κ2) is 8.15. The predicted molar refractivity (Wildman–Crippen MR) is 99.4 cm³/mol. The Kier molecular flexibility index (Phi) is 5.48. The van der Waals surface area contributed by atoms with Crippen molar-refractivity contribution in [3.63, 3.8) is 0 Å². The lowest BCUT2D eigenvalue weighted by molar-refractivity contribution is -0.120. The molecule has 1 N–H and O–H groups in total. The van der Waals surface area contributed by atoms with E-state index in [9.17, 15) is 4.79 Å². The van der Waals surface area contributed by atoms with Crippen molar-refractivity contribution in [1.82, 2.24) is 25.3 Å². The maximum absolute atomic E-state index is 12.2. The monoisotopic (exact) mass is 348 g/mol. The molecule has 1 amide bonds. The van der Waals surface area contributed by atoms with Gasteiger partial charge in [0.25, 0.3) is 0 Å². The van der Waals surface area contributed by atoms with Crippen LogP contribution >= 0.6 is 0 Å². The Balaban J connectivity index is 1.74. The zero-order valence-corrected chi connectivity index (χ0v) is 14.8. The molecule has 26 heavy (non-hydrogen) atoms. The number of hydrogen-bond donors (Lipinski definition) is 1. The van der Waals surface area contributed by atoms with E-state index in [1.54, 1.807) is 24.8 Å². The van der Waals surface area contributed by atoms with Crippen LogP contribution in [0.15, 0.2) is 55.1 Å². The minimum atomic E-state index is -0.0755. The molecule has 0 saturated carbocycles. The molecule has 0 fully saturated rings. The van der Waals surface area contributed by atoms with Crippen LogP contribution in [0.25, 0.3) is 11.4 Å². The molecule has 0 saturated heterocycles. The minimum Gasteiger partial charge on any atom is -0.363 e. The zero-order valence-electron chi connectivity index (χ0n) is 14.8. The third-order valence-electron chi connectivity index (χ3n) is 3.72. The second-order valence-corrected chi connectivity index (χ2v) is 5.99. The van der Waals surface area contributed by atoms with Crippen molar-refractivity contribution in [2.24, 2.45) is 0 Å². The number of amides is 1. The van der Waals surface area contributed by atoms with Crippen molar-refractivity contribution < 1.29 is 4.79 Å². The highest BCUT2D eigenvalue weighted by atomic mass is 16.1. The van der Waals surface area contributed by atoms with Crippen molar-refractivity contribution in [1.29, 1.82) is 0 Å². The molecule has 132 valence electrons. The van der Waals surface area contributed by atoms with Crippen LogP contribution in [0, 0.1) is 0 Å². The van der Waals surface area contributed by atoms with Crippen molar-refractivity contribution in [2.45, 2.75) is 13.0 Å². The summed E-state index contributed by atoms with van der Waals surface area (Å²) in [6.07, 6.45) is 7.07. The third kappa shape index (κ3) is 4.60. The topological polar surface area (TPSA) is 83.9 Å². The SMILES string of the molecule is CN(C)c1cc(CNC(=O)Cc2cccnc2)nc(-c2ccncc2)n1. The van der Waals surface area contributed by atoms with Gasteiger partial charge in [-0.25, -0.2) is 9.97 Å². The fourth-order valence-corrected chi connectivity index (χ4v) is 2.37. The van der Waals surface area contributed by atoms with Gasteiger partial charge in [-0.15, -0.1) is 0 Å². The van der Waals surface area contributed by atoms with Crippen molar-refractivity contribution in [3.8, 4) is 11.4 Å². The molecule has 3 aromatic heterocycles. The van der Waals surface area contributed by atoms with Crippen molar-refractivity contribution in [2.75, 3.05) is 19.0 Å². The Morgan fingerprint density at radius 2 is 1.88 bits per heavy atom. The Hall–Kier alpha value is -3.35. The van der Waals surface area contributed by atoms with Gasteiger partial charge in [0.1, 0.15) is 5.82 Å². The summed E-state index contributed by atoms with van der Waals surface area (Å²) in [6, 6.07) is 9.29. The summed E-state index contributed by atoms with van der Waals surface area (Å²) >= 11 is 0. The number of carbonyl (C=O) groups is 1. The number of rotatable bonds is 6. The van der Waals surface area contributed by atoms with Gasteiger partial charge in [-0.05, 0) is 23.8 Å². The zero-order chi connectivity index (χ0) is 18.4. The summed E-state index contributed by atoms with van der Waals surface area (Å²) in [5.74, 6) is 1.31. The number of carbonyl (C=O) groups excluding carboxylic acids is 1. The minimum absolute atomic E-state index is 0.0755. The van der Waals surface area contributed by atoms with E-state index < -0.39 is 0 Å². The lowest BCUT2D eigenvalue weighted by atomic mass is 10.2. The molecule has 3 rings (SSSR count). The highest BCUT2D eigenvalue weighted by Crippen LogP contribution is 2.18. The average molecular weight is 348 g/mol. The van der Waals surface area contributed by atoms with Crippen LogP contribution in [-0.4, -0.2) is 39.9 Å². The van der Waals surface area contributed by atoms with E-state index in [1.807, 2.05) is 49.3 Å². The van der Waals surface area contributed by atoms with Crippen LogP contribution in [0.4, 0.5) is 5.82 Å². The number of aromatic nitrogens is 4. The Morgan fingerprint density at radius 1 is 1.08 bits per heavy atom. The lowest BCUT2D eigenvalue weighted by Crippen LogP contribution is -2.25. The van der Waals surface area contributed by atoms with Gasteiger partial charge in [-0.3, -0.25) is 14.8 Å². The van der Waals surface area contributed by atoms with Gasteiger partial charge >= 0.3 is 0 Å². The van der Waals surface area contributed by atoms with Crippen LogP contribution in [0.5, 0.6) is 0 Å². The molecule has 7 nitrogen and oxygen atoms in total. The first-order valence-corrected chi connectivity index (χ1v) is 8.23. The van der Waals surface area contributed by atoms with E-state index in [4.69, 9.17) is 0 Å². The standard InChI is InChI=1S/C19H20N6O/c1-25(2)17-11-16(23-19(24-17)15-5-8-20-9-6-15)13-22-18(26)10-14-4-3-7-21-12-14/h3-9,11-12H,10,13H2,1-2H3,(H,22,26). The maximum atomic E-state index is 12.2. The van der Waals surface area contributed by atoms with Crippen LogP contribution in [0.3, 0.4) is 0 Å². The summed E-state index contributed by atoms with van der Waals surface area (Å²) in [4.78, 5) is 31.2. The molecule has 0 aliphatic heterocycles. The Morgan fingerprint density at radius 3 is 2.58 bits per heavy atom. The fraction of sp³-hybridized carbons (Fsp3) is 0.211. The van der Waals surface area contributed by atoms with E-state index in [1.165, 1.54) is 0 Å². The fourth-order valence-electron chi connectivity index (χ4n) is 2.37. The first-order valence-electron chi connectivity index (χ1n) is 8.23. The first kappa shape index (κ1) is 17.5.